The minimum absolute atomic E-state index is 0.0876. The van der Waals surface area contributed by atoms with Crippen molar-refractivity contribution in [3.63, 3.8) is 0 Å². The Morgan fingerprint density at radius 3 is 2.57 bits per heavy atom. The fraction of sp³-hybridized carbons (Fsp3) is 0.105. The molecule has 9 heteroatoms. The van der Waals surface area contributed by atoms with E-state index in [4.69, 9.17) is 23.2 Å². The molecule has 0 saturated carbocycles. The molecular formula is C19H13BrCl2N4O2. The quantitative estimate of drug-likeness (QED) is 0.539. The third-order valence-electron chi connectivity index (χ3n) is 4.44. The Morgan fingerprint density at radius 2 is 1.93 bits per heavy atom. The highest BCUT2D eigenvalue weighted by Crippen LogP contribution is 2.35. The number of nitrogens with one attached hydrogen (secondary N) is 1. The lowest BCUT2D eigenvalue weighted by atomic mass is 10.0. The Kier molecular flexibility index (Phi) is 4.91. The first kappa shape index (κ1) is 19.0. The number of carbonyl (C=O) groups is 2. The smallest absolute Gasteiger partial charge is 0.306 e. The Bertz CT molecular complexity index is 1110. The maximum absolute atomic E-state index is 13.1. The van der Waals surface area contributed by atoms with Crippen molar-refractivity contribution in [2.24, 2.45) is 7.05 Å². The van der Waals surface area contributed by atoms with Crippen LogP contribution in [-0.2, 0) is 13.6 Å². The number of nitrogens with zero attached hydrogens (tertiary/aromatic N) is 3. The van der Waals surface area contributed by atoms with Gasteiger partial charge < -0.3 is 5.32 Å². The highest BCUT2D eigenvalue weighted by molar-refractivity contribution is 9.10. The van der Waals surface area contributed by atoms with Crippen LogP contribution in [-0.4, -0.2) is 26.6 Å². The van der Waals surface area contributed by atoms with E-state index in [0.29, 0.717) is 5.69 Å². The van der Waals surface area contributed by atoms with Gasteiger partial charge in [0, 0.05) is 23.3 Å². The van der Waals surface area contributed by atoms with E-state index in [1.165, 1.54) is 0 Å². The highest BCUT2D eigenvalue weighted by Gasteiger charge is 2.32. The van der Waals surface area contributed by atoms with Crippen molar-refractivity contribution in [3.05, 3.63) is 68.4 Å². The van der Waals surface area contributed by atoms with Crippen molar-refractivity contribution in [3.8, 4) is 11.1 Å². The molecule has 3 amide bonds. The summed E-state index contributed by atoms with van der Waals surface area (Å²) in [5.41, 5.74) is 3.10. The summed E-state index contributed by atoms with van der Waals surface area (Å²) < 4.78 is 2.41. The molecule has 0 spiro atoms. The lowest BCUT2D eigenvalue weighted by Gasteiger charge is -2.29. The topological polar surface area (TPSA) is 67.2 Å². The fourth-order valence-corrected chi connectivity index (χ4v) is 4.23. The van der Waals surface area contributed by atoms with Crippen molar-refractivity contribution in [1.29, 1.82) is 0 Å². The predicted molar refractivity (Wildman–Crippen MR) is 112 cm³/mol. The van der Waals surface area contributed by atoms with Crippen LogP contribution in [0.3, 0.4) is 0 Å². The molecule has 0 unspecified atom stereocenters. The van der Waals surface area contributed by atoms with E-state index in [0.717, 1.165) is 26.1 Å². The van der Waals surface area contributed by atoms with E-state index in [9.17, 15) is 9.59 Å². The second kappa shape index (κ2) is 7.24. The molecule has 1 N–H and O–H groups in total. The van der Waals surface area contributed by atoms with Crippen molar-refractivity contribution in [2.75, 3.05) is 5.32 Å². The van der Waals surface area contributed by atoms with E-state index in [1.54, 1.807) is 30.1 Å². The summed E-state index contributed by atoms with van der Waals surface area (Å²) in [6, 6.07) is 8.25. The molecule has 0 atom stereocenters. The van der Waals surface area contributed by atoms with E-state index in [-0.39, 0.29) is 22.2 Å². The predicted octanol–water partition coefficient (Wildman–Crippen LogP) is 5.34. The minimum Gasteiger partial charge on any atom is -0.306 e. The Hall–Kier alpha value is -2.35. The number of amides is 3. The third-order valence-corrected chi connectivity index (χ3v) is 5.70. The molecule has 1 aliphatic rings. The van der Waals surface area contributed by atoms with Gasteiger partial charge in [-0.25, -0.2) is 4.79 Å². The van der Waals surface area contributed by atoms with Crippen molar-refractivity contribution in [1.82, 2.24) is 14.7 Å². The van der Waals surface area contributed by atoms with Gasteiger partial charge in [0.25, 0.3) is 5.91 Å². The summed E-state index contributed by atoms with van der Waals surface area (Å²) in [4.78, 5) is 26.7. The summed E-state index contributed by atoms with van der Waals surface area (Å²) in [6.07, 6.45) is 3.49. The number of carbonyl (C=O) groups excluding carboxylic acids is 2. The van der Waals surface area contributed by atoms with E-state index < -0.39 is 11.9 Å². The van der Waals surface area contributed by atoms with Crippen LogP contribution in [0, 0.1) is 0 Å². The van der Waals surface area contributed by atoms with Gasteiger partial charge in [0.1, 0.15) is 0 Å². The maximum atomic E-state index is 13.1. The third kappa shape index (κ3) is 3.30. The first-order valence-corrected chi connectivity index (χ1v) is 9.78. The normalized spacial score (nSPS) is 13.3. The number of fused-ring (bicyclic) bond motifs is 1. The van der Waals surface area contributed by atoms with Gasteiger partial charge in [0.2, 0.25) is 0 Å². The van der Waals surface area contributed by atoms with Crippen LogP contribution in [0.4, 0.5) is 10.5 Å². The van der Waals surface area contributed by atoms with Gasteiger partial charge in [0.15, 0.2) is 0 Å². The molecule has 0 fully saturated rings. The molecule has 1 aliphatic heterocycles. The second-order valence-electron chi connectivity index (χ2n) is 6.31. The van der Waals surface area contributed by atoms with Crippen LogP contribution < -0.4 is 5.32 Å². The molecule has 142 valence electrons. The van der Waals surface area contributed by atoms with E-state index in [2.05, 4.69) is 26.3 Å². The molecule has 4 rings (SSSR count). The number of halogens is 3. The summed E-state index contributed by atoms with van der Waals surface area (Å²) in [7, 11) is 1.80. The number of para-hydroxylation sites is 1. The zero-order chi connectivity index (χ0) is 20.0. The zero-order valence-electron chi connectivity index (χ0n) is 14.5. The van der Waals surface area contributed by atoms with Crippen molar-refractivity contribution < 1.29 is 9.59 Å². The number of hydrogen-bond donors (Lipinski definition) is 1. The number of aromatic nitrogens is 2. The molecule has 0 aliphatic carbocycles. The number of aryl methyl sites for hydroxylation is 1. The maximum Gasteiger partial charge on any atom is 0.329 e. The molecule has 6 nitrogen and oxygen atoms in total. The van der Waals surface area contributed by atoms with Crippen LogP contribution >= 0.6 is 39.1 Å². The van der Waals surface area contributed by atoms with Crippen molar-refractivity contribution in [2.45, 2.75) is 6.54 Å². The lowest BCUT2D eigenvalue weighted by molar-refractivity contribution is 0.0799. The number of rotatable bonds is 2. The Balaban J connectivity index is 1.69. The standard InChI is InChI=1S/C19H13BrCl2N4O2/c1-25-8-12(7-23-25)11-5-14(21)16(15(22)6-11)18(27)26-9-10-3-2-4-13(20)17(10)24-19(26)28/h2-8H,9H2,1H3,(H,24,28). The number of urea groups is 1. The molecule has 2 aromatic carbocycles. The Morgan fingerprint density at radius 1 is 1.21 bits per heavy atom. The van der Waals surface area contributed by atoms with E-state index in [1.807, 2.05) is 24.4 Å². The van der Waals surface area contributed by atoms with Gasteiger partial charge in [-0.3, -0.25) is 14.4 Å². The van der Waals surface area contributed by atoms with Gasteiger partial charge in [-0.15, -0.1) is 0 Å². The van der Waals surface area contributed by atoms with Gasteiger partial charge >= 0.3 is 6.03 Å². The van der Waals surface area contributed by atoms with Crippen LogP contribution in [0.1, 0.15) is 15.9 Å². The van der Waals surface area contributed by atoms with E-state index >= 15 is 0 Å². The molecule has 0 radical (unpaired) electrons. The molecule has 1 aromatic heterocycles. The van der Waals surface area contributed by atoms with Crippen LogP contribution in [0.15, 0.2) is 47.2 Å². The minimum atomic E-state index is -0.559. The second-order valence-corrected chi connectivity index (χ2v) is 7.98. The van der Waals surface area contributed by atoms with Gasteiger partial charge in [-0.2, -0.15) is 5.10 Å². The summed E-state index contributed by atoms with van der Waals surface area (Å²) >= 11 is 16.2. The molecule has 3 aromatic rings. The first-order chi connectivity index (χ1) is 13.3. The SMILES string of the molecule is Cn1cc(-c2cc(Cl)c(C(=O)N3Cc4cccc(Br)c4NC3=O)c(Cl)c2)cn1. The molecular weight excluding hydrogens is 467 g/mol. The monoisotopic (exact) mass is 478 g/mol. The van der Waals surface area contributed by atoms with Gasteiger partial charge in [0.05, 0.1) is 34.0 Å². The summed E-state index contributed by atoms with van der Waals surface area (Å²) in [6.45, 7) is 0.121. The van der Waals surface area contributed by atoms with Gasteiger partial charge in [-0.1, -0.05) is 35.3 Å². The Labute approximate surface area is 179 Å². The molecule has 0 saturated heterocycles. The fourth-order valence-electron chi connectivity index (χ4n) is 3.07. The zero-order valence-corrected chi connectivity index (χ0v) is 17.6. The van der Waals surface area contributed by atoms with Gasteiger partial charge in [-0.05, 0) is 45.3 Å². The van der Waals surface area contributed by atoms with Crippen molar-refractivity contribution >= 4 is 56.8 Å². The number of anilines is 1. The van der Waals surface area contributed by atoms with Crippen LogP contribution in [0.5, 0.6) is 0 Å². The molecule has 2 heterocycles. The molecule has 28 heavy (non-hydrogen) atoms. The average Bonchev–Trinajstić information content (AvgIpc) is 3.08. The first-order valence-electron chi connectivity index (χ1n) is 8.23. The summed E-state index contributed by atoms with van der Waals surface area (Å²) in [5.74, 6) is -0.559. The highest BCUT2D eigenvalue weighted by atomic mass is 79.9. The summed E-state index contributed by atoms with van der Waals surface area (Å²) in [5, 5.41) is 7.19. The number of benzene rings is 2. The van der Waals surface area contributed by atoms with Crippen LogP contribution in [0.2, 0.25) is 10.0 Å². The molecule has 0 bridgehead atoms. The average molecular weight is 480 g/mol. The largest absolute Gasteiger partial charge is 0.329 e. The number of hydrogen-bond acceptors (Lipinski definition) is 3. The number of imide groups is 1. The van der Waals surface area contributed by atoms with Crippen LogP contribution in [0.25, 0.3) is 11.1 Å². The lowest BCUT2D eigenvalue weighted by Crippen LogP contribution is -2.43.